The van der Waals surface area contributed by atoms with Gasteiger partial charge in [-0.3, -0.25) is 9.69 Å². The van der Waals surface area contributed by atoms with Crippen molar-refractivity contribution in [2.24, 2.45) is 0 Å². The molecule has 4 heteroatoms. The fourth-order valence-electron chi connectivity index (χ4n) is 3.47. The first-order valence-electron chi connectivity index (χ1n) is 9.09. The summed E-state index contributed by atoms with van der Waals surface area (Å²) in [5, 5.41) is 5.35. The Hall–Kier alpha value is -2.85. The molecule has 0 atom stereocenters. The number of hydrogen-bond acceptors (Lipinski definition) is 3. The quantitative estimate of drug-likeness (QED) is 0.785. The van der Waals surface area contributed by atoms with Gasteiger partial charge in [0, 0.05) is 37.6 Å². The zero-order valence-corrected chi connectivity index (χ0v) is 14.8. The van der Waals surface area contributed by atoms with Gasteiger partial charge < -0.3 is 10.2 Å². The molecule has 3 aromatic rings. The van der Waals surface area contributed by atoms with Crippen molar-refractivity contribution in [1.29, 1.82) is 0 Å². The van der Waals surface area contributed by atoms with E-state index in [1.807, 2.05) is 36.4 Å². The van der Waals surface area contributed by atoms with E-state index >= 15 is 0 Å². The third-order valence-electron chi connectivity index (χ3n) is 4.89. The summed E-state index contributed by atoms with van der Waals surface area (Å²) < 4.78 is 0. The standard InChI is InChI=1S/C22H23N3O/c26-22(23-20-11-10-18-6-4-5-7-19(18)16-20)17-24-12-14-25(15-13-24)21-8-2-1-3-9-21/h1-11,16H,12-15,17H2,(H,23,26). The first-order valence-corrected chi connectivity index (χ1v) is 9.09. The molecule has 132 valence electrons. The van der Waals surface area contributed by atoms with E-state index in [1.54, 1.807) is 0 Å². The minimum Gasteiger partial charge on any atom is -0.369 e. The van der Waals surface area contributed by atoms with E-state index in [1.165, 1.54) is 11.1 Å². The number of nitrogens with one attached hydrogen (secondary N) is 1. The lowest BCUT2D eigenvalue weighted by atomic mass is 10.1. The maximum atomic E-state index is 12.4. The van der Waals surface area contributed by atoms with Crippen LogP contribution in [0.3, 0.4) is 0 Å². The first-order chi connectivity index (χ1) is 12.8. The van der Waals surface area contributed by atoms with Crippen molar-refractivity contribution in [3.63, 3.8) is 0 Å². The monoisotopic (exact) mass is 345 g/mol. The van der Waals surface area contributed by atoms with Crippen LogP contribution in [0.5, 0.6) is 0 Å². The fourth-order valence-corrected chi connectivity index (χ4v) is 3.47. The molecule has 1 amide bonds. The van der Waals surface area contributed by atoms with Crippen molar-refractivity contribution < 1.29 is 4.79 Å². The fraction of sp³-hybridized carbons (Fsp3) is 0.227. The Balaban J connectivity index is 1.31. The van der Waals surface area contributed by atoms with E-state index < -0.39 is 0 Å². The second-order valence-corrected chi connectivity index (χ2v) is 6.71. The Morgan fingerprint density at radius 1 is 0.808 bits per heavy atom. The van der Waals surface area contributed by atoms with E-state index in [0.717, 1.165) is 37.3 Å². The van der Waals surface area contributed by atoms with Crippen molar-refractivity contribution in [3.05, 3.63) is 72.8 Å². The summed E-state index contributed by atoms with van der Waals surface area (Å²) in [7, 11) is 0. The molecule has 1 aliphatic rings. The number of anilines is 2. The summed E-state index contributed by atoms with van der Waals surface area (Å²) in [6.45, 7) is 4.15. The van der Waals surface area contributed by atoms with Crippen LogP contribution in [-0.4, -0.2) is 43.5 Å². The lowest BCUT2D eigenvalue weighted by Gasteiger charge is -2.35. The minimum atomic E-state index is 0.0495. The van der Waals surface area contributed by atoms with Gasteiger partial charge in [-0.15, -0.1) is 0 Å². The number of nitrogens with zero attached hydrogens (tertiary/aromatic N) is 2. The van der Waals surface area contributed by atoms with Crippen molar-refractivity contribution in [2.75, 3.05) is 42.9 Å². The molecule has 0 aromatic heterocycles. The van der Waals surface area contributed by atoms with E-state index in [4.69, 9.17) is 0 Å². The Kier molecular flexibility index (Phi) is 4.84. The molecule has 26 heavy (non-hydrogen) atoms. The Morgan fingerprint density at radius 2 is 1.50 bits per heavy atom. The summed E-state index contributed by atoms with van der Waals surface area (Å²) in [5.41, 5.74) is 2.12. The van der Waals surface area contributed by atoms with E-state index in [0.29, 0.717) is 6.54 Å². The Morgan fingerprint density at radius 3 is 2.27 bits per heavy atom. The number of fused-ring (bicyclic) bond motifs is 1. The second-order valence-electron chi connectivity index (χ2n) is 6.71. The Bertz CT molecular complexity index is 886. The number of amides is 1. The molecule has 4 rings (SSSR count). The Labute approximate surface area is 154 Å². The zero-order chi connectivity index (χ0) is 17.8. The lowest BCUT2D eigenvalue weighted by Crippen LogP contribution is -2.48. The molecule has 0 spiro atoms. The molecule has 1 N–H and O–H groups in total. The van der Waals surface area contributed by atoms with Crippen molar-refractivity contribution in [2.45, 2.75) is 0 Å². The SMILES string of the molecule is O=C(CN1CCN(c2ccccc2)CC1)Nc1ccc2ccccc2c1. The van der Waals surface area contributed by atoms with Gasteiger partial charge in [0.25, 0.3) is 0 Å². The summed E-state index contributed by atoms with van der Waals surface area (Å²) in [6, 6.07) is 24.7. The summed E-state index contributed by atoms with van der Waals surface area (Å²) in [4.78, 5) is 17.0. The van der Waals surface area contributed by atoms with Crippen LogP contribution >= 0.6 is 0 Å². The van der Waals surface area contributed by atoms with Crippen LogP contribution in [0.1, 0.15) is 0 Å². The highest BCUT2D eigenvalue weighted by atomic mass is 16.2. The van der Waals surface area contributed by atoms with Crippen LogP contribution in [-0.2, 0) is 4.79 Å². The zero-order valence-electron chi connectivity index (χ0n) is 14.8. The van der Waals surface area contributed by atoms with Crippen LogP contribution in [0.2, 0.25) is 0 Å². The first kappa shape index (κ1) is 16.6. The third kappa shape index (κ3) is 3.86. The van der Waals surface area contributed by atoms with E-state index in [-0.39, 0.29) is 5.91 Å². The third-order valence-corrected chi connectivity index (χ3v) is 4.89. The van der Waals surface area contributed by atoms with Gasteiger partial charge in [0.05, 0.1) is 6.54 Å². The highest BCUT2D eigenvalue weighted by Gasteiger charge is 2.19. The predicted octanol–water partition coefficient (Wildman–Crippen LogP) is 3.60. The number of carbonyl (C=O) groups is 1. The van der Waals surface area contributed by atoms with Gasteiger partial charge in [-0.05, 0) is 35.0 Å². The maximum absolute atomic E-state index is 12.4. The molecule has 4 nitrogen and oxygen atoms in total. The molecular weight excluding hydrogens is 322 g/mol. The molecule has 0 aliphatic carbocycles. The second kappa shape index (κ2) is 7.58. The summed E-state index contributed by atoms with van der Waals surface area (Å²) >= 11 is 0. The van der Waals surface area contributed by atoms with E-state index in [9.17, 15) is 4.79 Å². The molecule has 1 aliphatic heterocycles. The summed E-state index contributed by atoms with van der Waals surface area (Å²) in [5.74, 6) is 0.0495. The number of carbonyl (C=O) groups excluding carboxylic acids is 1. The molecule has 1 fully saturated rings. The largest absolute Gasteiger partial charge is 0.369 e. The van der Waals surface area contributed by atoms with E-state index in [2.05, 4.69) is 51.5 Å². The number of rotatable bonds is 4. The van der Waals surface area contributed by atoms with Crippen LogP contribution in [0.25, 0.3) is 10.8 Å². The van der Waals surface area contributed by atoms with Crippen LogP contribution < -0.4 is 10.2 Å². The highest BCUT2D eigenvalue weighted by molar-refractivity contribution is 5.95. The number of piperazine rings is 1. The highest BCUT2D eigenvalue weighted by Crippen LogP contribution is 2.19. The van der Waals surface area contributed by atoms with Gasteiger partial charge in [-0.25, -0.2) is 0 Å². The van der Waals surface area contributed by atoms with Gasteiger partial charge in [0.15, 0.2) is 0 Å². The molecule has 3 aromatic carbocycles. The maximum Gasteiger partial charge on any atom is 0.238 e. The van der Waals surface area contributed by atoms with Crippen LogP contribution in [0.4, 0.5) is 11.4 Å². The average Bonchev–Trinajstić information content (AvgIpc) is 2.69. The molecular formula is C22H23N3O. The van der Waals surface area contributed by atoms with Crippen LogP contribution in [0.15, 0.2) is 72.8 Å². The number of para-hydroxylation sites is 1. The number of hydrogen-bond donors (Lipinski definition) is 1. The smallest absolute Gasteiger partial charge is 0.238 e. The minimum absolute atomic E-state index is 0.0495. The molecule has 0 bridgehead atoms. The summed E-state index contributed by atoms with van der Waals surface area (Å²) in [6.07, 6.45) is 0. The number of benzene rings is 3. The van der Waals surface area contributed by atoms with Crippen molar-refractivity contribution >= 4 is 28.1 Å². The van der Waals surface area contributed by atoms with Gasteiger partial charge >= 0.3 is 0 Å². The molecule has 0 radical (unpaired) electrons. The average molecular weight is 345 g/mol. The predicted molar refractivity (Wildman–Crippen MR) is 108 cm³/mol. The van der Waals surface area contributed by atoms with Crippen molar-refractivity contribution in [1.82, 2.24) is 4.90 Å². The molecule has 1 heterocycles. The molecule has 0 unspecified atom stereocenters. The topological polar surface area (TPSA) is 35.6 Å². The normalized spacial score (nSPS) is 15.2. The molecule has 1 saturated heterocycles. The van der Waals surface area contributed by atoms with Crippen molar-refractivity contribution in [3.8, 4) is 0 Å². The van der Waals surface area contributed by atoms with Gasteiger partial charge in [-0.2, -0.15) is 0 Å². The van der Waals surface area contributed by atoms with Gasteiger partial charge in [-0.1, -0.05) is 48.5 Å². The lowest BCUT2D eigenvalue weighted by molar-refractivity contribution is -0.117. The molecule has 0 saturated carbocycles. The van der Waals surface area contributed by atoms with Gasteiger partial charge in [0.1, 0.15) is 0 Å². The van der Waals surface area contributed by atoms with Gasteiger partial charge in [0.2, 0.25) is 5.91 Å². The van der Waals surface area contributed by atoms with Crippen LogP contribution in [0, 0.1) is 0 Å².